The average Bonchev–Trinajstić information content (AvgIpc) is 3.50. The zero-order valence-electron chi connectivity index (χ0n) is 22.7. The summed E-state index contributed by atoms with van der Waals surface area (Å²) < 4.78 is 52.4. The first kappa shape index (κ1) is 29.5. The summed E-state index contributed by atoms with van der Waals surface area (Å²) in [6, 6.07) is 17.7. The number of alkyl halides is 3. The number of nitrogens with one attached hydrogen (secondary N) is 2. The van der Waals surface area contributed by atoms with Crippen LogP contribution in [0.4, 0.5) is 24.5 Å². The van der Waals surface area contributed by atoms with Gasteiger partial charge in [-0.2, -0.15) is 13.2 Å². The van der Waals surface area contributed by atoms with E-state index in [1.807, 2.05) is 0 Å². The second kappa shape index (κ2) is 11.5. The third kappa shape index (κ3) is 5.46. The van der Waals surface area contributed by atoms with Crippen LogP contribution in [0.5, 0.6) is 11.5 Å². The lowest BCUT2D eigenvalue weighted by atomic mass is 9.83. The molecule has 3 unspecified atom stereocenters. The predicted molar refractivity (Wildman–Crippen MR) is 157 cm³/mol. The Balaban J connectivity index is 1.29. The van der Waals surface area contributed by atoms with E-state index in [0.717, 1.165) is 35.2 Å². The van der Waals surface area contributed by atoms with Crippen LogP contribution in [-0.2, 0) is 20.6 Å². The summed E-state index contributed by atoms with van der Waals surface area (Å²) in [5.74, 6) is -3.06. The monoisotopic (exact) mass is 641 g/mol. The molecule has 0 aliphatic carbocycles. The van der Waals surface area contributed by atoms with Crippen LogP contribution in [0.25, 0.3) is 0 Å². The van der Waals surface area contributed by atoms with Gasteiger partial charge in [0.25, 0.3) is 5.91 Å². The Morgan fingerprint density at radius 2 is 1.73 bits per heavy atom. The molecule has 3 amide bonds. The minimum atomic E-state index is -4.80. The molecule has 9 nitrogen and oxygen atoms in total. The Kier molecular flexibility index (Phi) is 7.72. The first-order chi connectivity index (χ1) is 21.0. The van der Waals surface area contributed by atoms with Crippen LogP contribution in [-0.4, -0.2) is 41.7 Å². The van der Waals surface area contributed by atoms with Gasteiger partial charge in [0.2, 0.25) is 11.8 Å². The number of amides is 3. The molecule has 0 bridgehead atoms. The summed E-state index contributed by atoms with van der Waals surface area (Å²) in [5.41, 5.74) is -0.610. The van der Waals surface area contributed by atoms with Crippen molar-refractivity contribution in [3.05, 3.63) is 98.5 Å². The molecule has 4 aromatic rings. The summed E-state index contributed by atoms with van der Waals surface area (Å²) in [6.07, 6.45) is -4.80. The van der Waals surface area contributed by atoms with E-state index in [-0.39, 0.29) is 12.4 Å². The maximum atomic E-state index is 13.9. The highest BCUT2D eigenvalue weighted by molar-refractivity contribution is 8.00. The van der Waals surface area contributed by atoms with Crippen LogP contribution < -0.4 is 24.6 Å². The zero-order chi connectivity index (χ0) is 31.2. The fourth-order valence-corrected chi connectivity index (χ4v) is 7.86. The van der Waals surface area contributed by atoms with E-state index in [2.05, 4.69) is 10.3 Å². The zero-order valence-corrected chi connectivity index (χ0v) is 24.3. The van der Waals surface area contributed by atoms with E-state index >= 15 is 0 Å². The number of nitrogens with zero attached hydrogens (tertiary/aromatic N) is 1. The third-order valence-corrected chi connectivity index (χ3v) is 9.64. The standard InChI is InChI=1S/C30H22F3N3O6S2/c1-41-17-11-9-16(10-12-17)34-21(37)14-42-18-6-4-5-15(13-18)22-23-25(43-26-24(22)44-29(40)35-26)28(39)36(27(23)38)20-8-3-2-7-19(20)30(31,32)33/h2-13,22-23,25H,14H2,1H3,(H,34,37)(H,35,40). The minimum Gasteiger partial charge on any atom is -0.497 e. The molecule has 3 heterocycles. The van der Waals surface area contributed by atoms with E-state index in [1.165, 1.54) is 19.2 Å². The number of halogens is 3. The number of hydrogen-bond acceptors (Lipinski definition) is 8. The Labute approximate surface area is 256 Å². The molecule has 3 aromatic carbocycles. The Hall–Kier alpha value is -4.56. The third-order valence-electron chi connectivity index (χ3n) is 7.24. The van der Waals surface area contributed by atoms with Crippen molar-refractivity contribution >= 4 is 52.2 Å². The molecule has 1 saturated heterocycles. The number of hydrogen-bond donors (Lipinski definition) is 2. The molecule has 2 aliphatic heterocycles. The SMILES string of the molecule is COc1ccc(NC(=O)COc2cccc(C3c4sc(=O)[nH]c4SC4C(=O)N(c5ccccc5C(F)(F)F)C(=O)C43)c2)cc1. The molecule has 226 valence electrons. The highest BCUT2D eigenvalue weighted by Crippen LogP contribution is 2.54. The van der Waals surface area contributed by atoms with Gasteiger partial charge in [0, 0.05) is 16.5 Å². The summed E-state index contributed by atoms with van der Waals surface area (Å²) in [6.45, 7) is -0.343. The van der Waals surface area contributed by atoms with Crippen molar-refractivity contribution in [2.75, 3.05) is 23.9 Å². The van der Waals surface area contributed by atoms with E-state index in [1.54, 1.807) is 48.5 Å². The van der Waals surface area contributed by atoms with Crippen molar-refractivity contribution in [2.24, 2.45) is 5.92 Å². The molecule has 44 heavy (non-hydrogen) atoms. The summed E-state index contributed by atoms with van der Waals surface area (Å²) in [5, 5.41) is 2.01. The van der Waals surface area contributed by atoms with E-state index in [0.29, 0.717) is 31.8 Å². The molecule has 0 radical (unpaired) electrons. The highest BCUT2D eigenvalue weighted by atomic mass is 32.2. The van der Waals surface area contributed by atoms with Crippen molar-refractivity contribution in [1.82, 2.24) is 4.98 Å². The molecular formula is C30H22F3N3O6S2. The summed E-state index contributed by atoms with van der Waals surface area (Å²) >= 11 is 1.83. The van der Waals surface area contributed by atoms with Gasteiger partial charge in [0.1, 0.15) is 16.7 Å². The van der Waals surface area contributed by atoms with Gasteiger partial charge < -0.3 is 19.8 Å². The molecule has 2 aliphatic rings. The lowest BCUT2D eigenvalue weighted by molar-refractivity contribution is -0.137. The summed E-state index contributed by atoms with van der Waals surface area (Å²) in [4.78, 5) is 55.8. The van der Waals surface area contributed by atoms with Crippen LogP contribution in [0, 0.1) is 5.92 Å². The van der Waals surface area contributed by atoms with Gasteiger partial charge in [0.05, 0.1) is 29.3 Å². The highest BCUT2D eigenvalue weighted by Gasteiger charge is 2.57. The predicted octanol–water partition coefficient (Wildman–Crippen LogP) is 5.28. The second-order valence-electron chi connectivity index (χ2n) is 9.91. The second-order valence-corrected chi connectivity index (χ2v) is 12.1. The molecule has 6 rings (SSSR count). The van der Waals surface area contributed by atoms with Crippen LogP contribution in [0.15, 0.2) is 82.6 Å². The summed E-state index contributed by atoms with van der Waals surface area (Å²) in [7, 11) is 1.53. The van der Waals surface area contributed by atoms with Crippen molar-refractivity contribution in [3.63, 3.8) is 0 Å². The molecular weight excluding hydrogens is 619 g/mol. The van der Waals surface area contributed by atoms with Gasteiger partial charge in [-0.25, -0.2) is 4.90 Å². The van der Waals surface area contributed by atoms with Gasteiger partial charge in [-0.3, -0.25) is 19.2 Å². The number of aromatic nitrogens is 1. The lowest BCUT2D eigenvalue weighted by Gasteiger charge is -2.30. The number of para-hydroxylation sites is 1. The number of fused-ring (bicyclic) bond motifs is 2. The fourth-order valence-electron chi connectivity index (χ4n) is 5.34. The number of H-pyrrole nitrogens is 1. The van der Waals surface area contributed by atoms with Crippen molar-refractivity contribution in [3.8, 4) is 11.5 Å². The molecule has 2 N–H and O–H groups in total. The van der Waals surface area contributed by atoms with E-state index < -0.39 is 57.1 Å². The number of ether oxygens (including phenoxy) is 2. The number of thiazole rings is 1. The molecule has 3 atom stereocenters. The molecule has 0 saturated carbocycles. The number of anilines is 2. The average molecular weight is 642 g/mol. The normalized spacial score (nSPS) is 19.4. The number of aromatic amines is 1. The number of carbonyl (C=O) groups excluding carboxylic acids is 3. The van der Waals surface area contributed by atoms with Crippen LogP contribution >= 0.6 is 23.1 Å². The van der Waals surface area contributed by atoms with E-state index in [4.69, 9.17) is 9.47 Å². The molecule has 1 fully saturated rings. The number of thioether (sulfide) groups is 1. The van der Waals surface area contributed by atoms with E-state index in [9.17, 15) is 32.3 Å². The van der Waals surface area contributed by atoms with Gasteiger partial charge in [-0.1, -0.05) is 47.4 Å². The van der Waals surface area contributed by atoms with Crippen molar-refractivity contribution in [2.45, 2.75) is 22.4 Å². The lowest BCUT2D eigenvalue weighted by Crippen LogP contribution is -2.33. The number of imide groups is 1. The van der Waals surface area contributed by atoms with Crippen molar-refractivity contribution < 1.29 is 37.0 Å². The maximum Gasteiger partial charge on any atom is 0.418 e. The van der Waals surface area contributed by atoms with Crippen molar-refractivity contribution in [1.29, 1.82) is 0 Å². The Bertz CT molecular complexity index is 1820. The smallest absolute Gasteiger partial charge is 0.418 e. The molecule has 0 spiro atoms. The Morgan fingerprint density at radius 3 is 2.45 bits per heavy atom. The number of methoxy groups -OCH3 is 1. The first-order valence-corrected chi connectivity index (χ1v) is 14.8. The molecule has 1 aromatic heterocycles. The largest absolute Gasteiger partial charge is 0.497 e. The Morgan fingerprint density at radius 1 is 0.977 bits per heavy atom. The fraction of sp³-hybridized carbons (Fsp3) is 0.200. The quantitative estimate of drug-likeness (QED) is 0.264. The minimum absolute atomic E-state index is 0.280. The van der Waals surface area contributed by atoms with Gasteiger partial charge >= 0.3 is 11.0 Å². The number of rotatable bonds is 7. The van der Waals surface area contributed by atoms with Gasteiger partial charge in [-0.15, -0.1) is 0 Å². The number of carbonyl (C=O) groups is 3. The number of benzene rings is 3. The first-order valence-electron chi connectivity index (χ1n) is 13.2. The van der Waals surface area contributed by atoms with Crippen LogP contribution in [0.1, 0.15) is 21.9 Å². The maximum absolute atomic E-state index is 13.9. The topological polar surface area (TPSA) is 118 Å². The molecule has 14 heteroatoms. The van der Waals surface area contributed by atoms with Gasteiger partial charge in [-0.05, 0) is 54.1 Å². The van der Waals surface area contributed by atoms with Gasteiger partial charge in [0.15, 0.2) is 6.61 Å². The van der Waals surface area contributed by atoms with Crippen LogP contribution in [0.3, 0.4) is 0 Å². The van der Waals surface area contributed by atoms with Crippen LogP contribution in [0.2, 0.25) is 0 Å².